The molecule has 0 aliphatic heterocycles. The van der Waals surface area contributed by atoms with Gasteiger partial charge in [-0.05, 0) is 47.0 Å². The Morgan fingerprint density at radius 3 is 2.75 bits per heavy atom. The number of nitrogens with zero attached hydrogens (tertiary/aromatic N) is 2. The van der Waals surface area contributed by atoms with Gasteiger partial charge in [0.15, 0.2) is 0 Å². The molecule has 1 aromatic carbocycles. The van der Waals surface area contributed by atoms with Gasteiger partial charge in [-0.1, -0.05) is 13.0 Å². The lowest BCUT2D eigenvalue weighted by molar-refractivity contribution is 0.631. The minimum atomic E-state index is -0.316. The molecule has 2 rings (SSSR count). The van der Waals surface area contributed by atoms with Gasteiger partial charge in [0.25, 0.3) is 0 Å². The van der Waals surface area contributed by atoms with Crippen molar-refractivity contribution in [1.82, 2.24) is 9.97 Å². The topological polar surface area (TPSA) is 49.8 Å². The van der Waals surface area contributed by atoms with Gasteiger partial charge in [-0.15, -0.1) is 0 Å². The molecule has 106 valence electrons. The fourth-order valence-corrected chi connectivity index (χ4v) is 2.13. The molecular weight excluding hydrogens is 323 g/mol. The summed E-state index contributed by atoms with van der Waals surface area (Å²) in [6, 6.07) is 4.90. The first-order chi connectivity index (χ1) is 9.61. The molecule has 20 heavy (non-hydrogen) atoms. The van der Waals surface area contributed by atoms with E-state index in [1.54, 1.807) is 12.1 Å². The molecule has 0 amide bonds. The Morgan fingerprint density at radius 2 is 2.00 bits per heavy atom. The second kappa shape index (κ2) is 6.65. The number of aryl methyl sites for hydroxylation is 1. The molecule has 0 spiro atoms. The van der Waals surface area contributed by atoms with Crippen molar-refractivity contribution in [2.45, 2.75) is 20.3 Å². The number of rotatable bonds is 5. The lowest BCUT2D eigenvalue weighted by Gasteiger charge is -2.12. The zero-order valence-corrected chi connectivity index (χ0v) is 13.0. The average molecular weight is 339 g/mol. The Morgan fingerprint density at radius 1 is 1.25 bits per heavy atom. The van der Waals surface area contributed by atoms with Gasteiger partial charge in [-0.2, -0.15) is 0 Å². The van der Waals surface area contributed by atoms with E-state index in [1.807, 2.05) is 6.92 Å². The fraction of sp³-hybridized carbons (Fsp3) is 0.286. The van der Waals surface area contributed by atoms with Crippen LogP contribution >= 0.6 is 15.9 Å². The molecule has 0 radical (unpaired) electrons. The first-order valence-electron chi connectivity index (χ1n) is 6.39. The van der Waals surface area contributed by atoms with Crippen molar-refractivity contribution in [2.75, 3.05) is 17.2 Å². The highest BCUT2D eigenvalue weighted by molar-refractivity contribution is 9.10. The average Bonchev–Trinajstić information content (AvgIpc) is 2.44. The Labute approximate surface area is 126 Å². The van der Waals surface area contributed by atoms with Crippen molar-refractivity contribution in [3.8, 4) is 0 Å². The lowest BCUT2D eigenvalue weighted by atomic mass is 10.2. The monoisotopic (exact) mass is 338 g/mol. The minimum absolute atomic E-state index is 0.316. The second-order valence-electron chi connectivity index (χ2n) is 4.42. The van der Waals surface area contributed by atoms with Crippen molar-refractivity contribution in [3.63, 3.8) is 0 Å². The summed E-state index contributed by atoms with van der Waals surface area (Å²) in [5.41, 5.74) is 1.37. The summed E-state index contributed by atoms with van der Waals surface area (Å²) in [6.45, 7) is 4.80. The van der Waals surface area contributed by atoms with Crippen LogP contribution in [-0.4, -0.2) is 16.5 Å². The predicted octanol–water partition coefficient (Wildman–Crippen LogP) is 4.25. The summed E-state index contributed by atoms with van der Waals surface area (Å²) in [5.74, 6) is 0.907. The highest BCUT2D eigenvalue weighted by atomic mass is 79.9. The van der Waals surface area contributed by atoms with Crippen molar-refractivity contribution >= 4 is 33.3 Å². The van der Waals surface area contributed by atoms with E-state index in [2.05, 4.69) is 43.5 Å². The predicted molar refractivity (Wildman–Crippen MR) is 82.9 cm³/mol. The van der Waals surface area contributed by atoms with Crippen LogP contribution in [0, 0.1) is 12.7 Å². The SMILES string of the molecule is CCCNc1ncnc(Nc2cc(C)ccc2F)c1Br. The summed E-state index contributed by atoms with van der Waals surface area (Å²) in [4.78, 5) is 8.29. The van der Waals surface area contributed by atoms with Gasteiger partial charge in [-0.3, -0.25) is 0 Å². The van der Waals surface area contributed by atoms with Gasteiger partial charge >= 0.3 is 0 Å². The molecule has 0 aliphatic rings. The summed E-state index contributed by atoms with van der Waals surface area (Å²) in [6.07, 6.45) is 2.44. The maximum absolute atomic E-state index is 13.8. The highest BCUT2D eigenvalue weighted by Crippen LogP contribution is 2.30. The molecule has 1 aromatic heterocycles. The normalized spacial score (nSPS) is 10.4. The van der Waals surface area contributed by atoms with Crippen molar-refractivity contribution < 1.29 is 4.39 Å². The second-order valence-corrected chi connectivity index (χ2v) is 5.21. The largest absolute Gasteiger partial charge is 0.369 e. The summed E-state index contributed by atoms with van der Waals surface area (Å²) in [7, 11) is 0. The van der Waals surface area contributed by atoms with E-state index in [4.69, 9.17) is 0 Å². The number of anilines is 3. The molecule has 0 atom stereocenters. The fourth-order valence-electron chi connectivity index (χ4n) is 1.69. The molecule has 6 heteroatoms. The molecule has 0 aliphatic carbocycles. The van der Waals surface area contributed by atoms with Crippen LogP contribution in [0.25, 0.3) is 0 Å². The van der Waals surface area contributed by atoms with Crippen LogP contribution in [0.3, 0.4) is 0 Å². The van der Waals surface area contributed by atoms with Gasteiger partial charge in [-0.25, -0.2) is 14.4 Å². The van der Waals surface area contributed by atoms with Gasteiger partial charge in [0.2, 0.25) is 0 Å². The molecule has 0 bridgehead atoms. The van der Waals surface area contributed by atoms with Crippen molar-refractivity contribution in [3.05, 3.63) is 40.4 Å². The van der Waals surface area contributed by atoms with Gasteiger partial charge < -0.3 is 10.6 Å². The standard InChI is InChI=1S/C14H16BrFN4/c1-3-6-17-13-12(15)14(19-8-18-13)20-11-7-9(2)4-5-10(11)16/h4-5,7-8H,3,6H2,1-2H3,(H2,17,18,19,20). The zero-order valence-electron chi connectivity index (χ0n) is 11.4. The Balaban J connectivity index is 2.27. The third-order valence-electron chi connectivity index (χ3n) is 2.71. The zero-order chi connectivity index (χ0) is 14.5. The van der Waals surface area contributed by atoms with Crippen LogP contribution in [0.2, 0.25) is 0 Å². The van der Waals surface area contributed by atoms with E-state index in [-0.39, 0.29) is 5.82 Å². The number of benzene rings is 1. The van der Waals surface area contributed by atoms with E-state index >= 15 is 0 Å². The maximum Gasteiger partial charge on any atom is 0.150 e. The van der Waals surface area contributed by atoms with E-state index in [1.165, 1.54) is 12.4 Å². The van der Waals surface area contributed by atoms with Crippen molar-refractivity contribution in [2.24, 2.45) is 0 Å². The number of hydrogen-bond donors (Lipinski definition) is 2. The van der Waals surface area contributed by atoms with Crippen LogP contribution in [0.4, 0.5) is 21.7 Å². The summed E-state index contributed by atoms with van der Waals surface area (Å²) < 4.78 is 14.4. The van der Waals surface area contributed by atoms with Crippen LogP contribution in [0.1, 0.15) is 18.9 Å². The lowest BCUT2D eigenvalue weighted by Crippen LogP contribution is -2.05. The highest BCUT2D eigenvalue weighted by Gasteiger charge is 2.10. The van der Waals surface area contributed by atoms with E-state index in [0.717, 1.165) is 18.5 Å². The molecule has 0 unspecified atom stereocenters. The number of hydrogen-bond acceptors (Lipinski definition) is 4. The number of nitrogens with one attached hydrogen (secondary N) is 2. The van der Waals surface area contributed by atoms with Crippen LogP contribution < -0.4 is 10.6 Å². The van der Waals surface area contributed by atoms with Gasteiger partial charge in [0.1, 0.15) is 28.3 Å². The molecule has 0 fully saturated rings. The summed E-state index contributed by atoms with van der Waals surface area (Å²) >= 11 is 3.44. The Bertz CT molecular complexity index is 604. The van der Waals surface area contributed by atoms with Crippen molar-refractivity contribution in [1.29, 1.82) is 0 Å². The molecule has 0 saturated carbocycles. The smallest absolute Gasteiger partial charge is 0.150 e. The summed E-state index contributed by atoms with van der Waals surface area (Å²) in [5, 5.41) is 6.17. The molecule has 4 nitrogen and oxygen atoms in total. The molecule has 2 N–H and O–H groups in total. The molecular formula is C14H16BrFN4. The first kappa shape index (κ1) is 14.7. The van der Waals surface area contributed by atoms with E-state index < -0.39 is 0 Å². The third-order valence-corrected chi connectivity index (χ3v) is 3.46. The van der Waals surface area contributed by atoms with Crippen LogP contribution in [-0.2, 0) is 0 Å². The van der Waals surface area contributed by atoms with E-state index in [0.29, 0.717) is 21.8 Å². The van der Waals surface area contributed by atoms with Gasteiger partial charge in [0.05, 0.1) is 5.69 Å². The first-order valence-corrected chi connectivity index (χ1v) is 7.18. The quantitative estimate of drug-likeness (QED) is 0.855. The van der Waals surface area contributed by atoms with Gasteiger partial charge in [0, 0.05) is 6.54 Å². The maximum atomic E-state index is 13.8. The number of halogens is 2. The van der Waals surface area contributed by atoms with Crippen LogP contribution in [0.5, 0.6) is 0 Å². The van der Waals surface area contributed by atoms with Crippen LogP contribution in [0.15, 0.2) is 29.0 Å². The minimum Gasteiger partial charge on any atom is -0.369 e. The Hall–Kier alpha value is -1.69. The number of aromatic nitrogens is 2. The molecule has 0 saturated heterocycles. The van der Waals surface area contributed by atoms with E-state index in [9.17, 15) is 4.39 Å². The third kappa shape index (κ3) is 3.45. The molecule has 1 heterocycles. The molecule has 2 aromatic rings. The Kier molecular flexibility index (Phi) is 4.89.